The maximum absolute atomic E-state index is 14.0. The van der Waals surface area contributed by atoms with Crippen molar-refractivity contribution in [3.63, 3.8) is 0 Å². The molecule has 5 heteroatoms. The highest BCUT2D eigenvalue weighted by molar-refractivity contribution is 5.94. The van der Waals surface area contributed by atoms with Gasteiger partial charge in [0, 0.05) is 17.5 Å². The summed E-state index contributed by atoms with van der Waals surface area (Å²) in [7, 11) is 0. The topological polar surface area (TPSA) is 55.4 Å². The Labute approximate surface area is 153 Å². The number of Topliss-reactive ketones (excluding diaryl/α,β-unsaturated/α-hetero) is 1. The molecule has 0 heterocycles. The second-order valence-electron chi connectivity index (χ2n) is 6.93. The van der Waals surface area contributed by atoms with Crippen molar-refractivity contribution in [2.75, 3.05) is 6.54 Å². The van der Waals surface area contributed by atoms with E-state index < -0.39 is 11.5 Å². The Morgan fingerprint density at radius 3 is 2.50 bits per heavy atom. The van der Waals surface area contributed by atoms with E-state index in [0.717, 1.165) is 0 Å². The summed E-state index contributed by atoms with van der Waals surface area (Å²) >= 11 is 0. The van der Waals surface area contributed by atoms with Crippen LogP contribution in [0.1, 0.15) is 43.6 Å². The molecule has 0 radical (unpaired) electrons. The molecule has 1 N–H and O–H groups in total. The van der Waals surface area contributed by atoms with E-state index in [2.05, 4.69) is 5.32 Å². The quantitative estimate of drug-likeness (QED) is 0.765. The van der Waals surface area contributed by atoms with E-state index in [4.69, 9.17) is 4.74 Å². The molecule has 0 aliphatic carbocycles. The molecule has 4 nitrogen and oxygen atoms in total. The van der Waals surface area contributed by atoms with E-state index in [-0.39, 0.29) is 24.1 Å². The van der Waals surface area contributed by atoms with Crippen molar-refractivity contribution in [3.05, 3.63) is 65.5 Å². The van der Waals surface area contributed by atoms with Crippen molar-refractivity contribution >= 4 is 11.7 Å². The zero-order chi connectivity index (χ0) is 19.3. The maximum atomic E-state index is 14.0. The normalized spacial score (nSPS) is 12.3. The highest BCUT2D eigenvalue weighted by Crippen LogP contribution is 2.25. The molecule has 2 rings (SSSR count). The zero-order valence-corrected chi connectivity index (χ0v) is 15.5. The molecular formula is C21H24FNO3. The average Bonchev–Trinajstić information content (AvgIpc) is 2.60. The number of hydrogen-bond acceptors (Lipinski definition) is 3. The predicted octanol–water partition coefficient (Wildman–Crippen LogP) is 3.89. The molecule has 1 atom stereocenters. The molecule has 0 aliphatic rings. The summed E-state index contributed by atoms with van der Waals surface area (Å²) < 4.78 is 19.6. The van der Waals surface area contributed by atoms with Gasteiger partial charge in [-0.1, -0.05) is 44.2 Å². The van der Waals surface area contributed by atoms with Crippen molar-refractivity contribution in [1.82, 2.24) is 5.32 Å². The van der Waals surface area contributed by atoms with Gasteiger partial charge in [0.05, 0.1) is 0 Å². The molecule has 0 bridgehead atoms. The lowest BCUT2D eigenvalue weighted by atomic mass is 9.84. The maximum Gasteiger partial charge on any atom is 0.260 e. The van der Waals surface area contributed by atoms with Crippen LogP contribution in [0.3, 0.4) is 0 Å². The first-order valence-corrected chi connectivity index (χ1v) is 8.51. The number of carbonyl (C=O) groups excluding carboxylic acids is 2. The van der Waals surface area contributed by atoms with Crippen molar-refractivity contribution in [3.8, 4) is 5.75 Å². The van der Waals surface area contributed by atoms with E-state index in [1.807, 2.05) is 13.8 Å². The molecule has 0 aliphatic heterocycles. The molecule has 0 aromatic heterocycles. The van der Waals surface area contributed by atoms with Crippen LogP contribution in [0.2, 0.25) is 0 Å². The standard InChI is InChI=1S/C21H24FNO3/c1-14(24)16-8-7-9-17(12-16)26-15(2)20(25)23-13-21(3,4)18-10-5-6-11-19(18)22/h5-12,15H,13H2,1-4H3,(H,23,25)/t15-/m0/s1. The van der Waals surface area contributed by atoms with Crippen LogP contribution in [0, 0.1) is 5.82 Å². The van der Waals surface area contributed by atoms with Gasteiger partial charge in [0.25, 0.3) is 5.91 Å². The minimum atomic E-state index is -0.742. The molecule has 2 aromatic rings. The summed E-state index contributed by atoms with van der Waals surface area (Å²) in [5.74, 6) is -0.215. The number of rotatable bonds is 7. The Hall–Kier alpha value is -2.69. The fraction of sp³-hybridized carbons (Fsp3) is 0.333. The first-order chi connectivity index (χ1) is 12.2. The van der Waals surface area contributed by atoms with Gasteiger partial charge >= 0.3 is 0 Å². The lowest BCUT2D eigenvalue weighted by molar-refractivity contribution is -0.127. The van der Waals surface area contributed by atoms with Crippen LogP contribution < -0.4 is 10.1 Å². The number of carbonyl (C=O) groups is 2. The van der Waals surface area contributed by atoms with Crippen molar-refractivity contribution in [2.45, 2.75) is 39.2 Å². The van der Waals surface area contributed by atoms with E-state index in [1.54, 1.807) is 49.4 Å². The summed E-state index contributed by atoms with van der Waals surface area (Å²) in [5, 5.41) is 2.81. The minimum absolute atomic E-state index is 0.0702. The van der Waals surface area contributed by atoms with Crippen LogP contribution in [0.4, 0.5) is 4.39 Å². The SMILES string of the molecule is CC(=O)c1cccc(O[C@@H](C)C(=O)NCC(C)(C)c2ccccc2F)c1. The van der Waals surface area contributed by atoms with Crippen LogP contribution in [-0.2, 0) is 10.2 Å². The fourth-order valence-corrected chi connectivity index (χ4v) is 2.60. The Kier molecular flexibility index (Phi) is 6.14. The number of nitrogens with one attached hydrogen (secondary N) is 1. The van der Waals surface area contributed by atoms with E-state index >= 15 is 0 Å². The predicted molar refractivity (Wildman–Crippen MR) is 99.0 cm³/mol. The fourth-order valence-electron chi connectivity index (χ4n) is 2.60. The number of benzene rings is 2. The molecule has 1 amide bonds. The van der Waals surface area contributed by atoms with Gasteiger partial charge < -0.3 is 10.1 Å². The van der Waals surface area contributed by atoms with Crippen LogP contribution in [0.25, 0.3) is 0 Å². The number of ketones is 1. The van der Waals surface area contributed by atoms with Crippen molar-refractivity contribution < 1.29 is 18.7 Å². The second kappa shape index (κ2) is 8.13. The van der Waals surface area contributed by atoms with Gasteiger partial charge in [-0.15, -0.1) is 0 Å². The lowest BCUT2D eigenvalue weighted by Gasteiger charge is -2.27. The Balaban J connectivity index is 1.98. The highest BCUT2D eigenvalue weighted by Gasteiger charge is 2.26. The molecular weight excluding hydrogens is 333 g/mol. The van der Waals surface area contributed by atoms with Crippen LogP contribution in [0.5, 0.6) is 5.75 Å². The van der Waals surface area contributed by atoms with Gasteiger partial charge in [-0.2, -0.15) is 0 Å². The number of hydrogen-bond donors (Lipinski definition) is 1. The van der Waals surface area contributed by atoms with Crippen LogP contribution >= 0.6 is 0 Å². The number of ether oxygens (including phenoxy) is 1. The summed E-state index contributed by atoms with van der Waals surface area (Å²) in [6.07, 6.45) is -0.742. The molecule has 0 unspecified atom stereocenters. The van der Waals surface area contributed by atoms with Gasteiger partial charge in [0.15, 0.2) is 11.9 Å². The summed E-state index contributed by atoms with van der Waals surface area (Å²) in [4.78, 5) is 23.8. The Morgan fingerprint density at radius 1 is 1.15 bits per heavy atom. The Morgan fingerprint density at radius 2 is 1.85 bits per heavy atom. The molecule has 0 fully saturated rings. The van der Waals surface area contributed by atoms with Crippen LogP contribution in [-0.4, -0.2) is 24.3 Å². The van der Waals surface area contributed by atoms with E-state index in [9.17, 15) is 14.0 Å². The first kappa shape index (κ1) is 19.6. The second-order valence-corrected chi connectivity index (χ2v) is 6.93. The largest absolute Gasteiger partial charge is 0.481 e. The third-order valence-corrected chi connectivity index (χ3v) is 4.23. The smallest absolute Gasteiger partial charge is 0.260 e. The van der Waals surface area contributed by atoms with Gasteiger partial charge in [-0.3, -0.25) is 9.59 Å². The summed E-state index contributed by atoms with van der Waals surface area (Å²) in [5.41, 5.74) is 0.508. The zero-order valence-electron chi connectivity index (χ0n) is 15.5. The molecule has 26 heavy (non-hydrogen) atoms. The van der Waals surface area contributed by atoms with Gasteiger partial charge in [-0.25, -0.2) is 4.39 Å². The molecule has 0 spiro atoms. The van der Waals surface area contributed by atoms with Crippen LogP contribution in [0.15, 0.2) is 48.5 Å². The van der Waals surface area contributed by atoms with Gasteiger partial charge in [-0.05, 0) is 37.6 Å². The Bertz CT molecular complexity index is 801. The monoisotopic (exact) mass is 357 g/mol. The number of amides is 1. The molecule has 138 valence electrons. The van der Waals surface area contributed by atoms with E-state index in [1.165, 1.54) is 13.0 Å². The van der Waals surface area contributed by atoms with Crippen molar-refractivity contribution in [1.29, 1.82) is 0 Å². The third-order valence-electron chi connectivity index (χ3n) is 4.23. The highest BCUT2D eigenvalue weighted by atomic mass is 19.1. The minimum Gasteiger partial charge on any atom is -0.481 e. The third kappa shape index (κ3) is 4.91. The lowest BCUT2D eigenvalue weighted by Crippen LogP contribution is -2.43. The first-order valence-electron chi connectivity index (χ1n) is 8.51. The average molecular weight is 357 g/mol. The molecule has 0 saturated carbocycles. The molecule has 2 aromatic carbocycles. The molecule has 0 saturated heterocycles. The summed E-state index contributed by atoms with van der Waals surface area (Å²) in [6.45, 7) is 7.11. The number of halogens is 1. The van der Waals surface area contributed by atoms with E-state index in [0.29, 0.717) is 16.9 Å². The summed E-state index contributed by atoms with van der Waals surface area (Å²) in [6, 6.07) is 13.2. The van der Waals surface area contributed by atoms with Gasteiger partial charge in [0.2, 0.25) is 0 Å². The van der Waals surface area contributed by atoms with Crippen molar-refractivity contribution in [2.24, 2.45) is 0 Å². The van der Waals surface area contributed by atoms with Gasteiger partial charge in [0.1, 0.15) is 11.6 Å².